The van der Waals surface area contributed by atoms with Crippen LogP contribution in [0.1, 0.15) is 19.3 Å². The molecule has 0 radical (unpaired) electrons. The van der Waals surface area contributed by atoms with Gasteiger partial charge in [0.15, 0.2) is 0 Å². The van der Waals surface area contributed by atoms with Crippen molar-refractivity contribution >= 4 is 11.7 Å². The molecule has 0 aliphatic carbocycles. The fourth-order valence-electron chi connectivity index (χ4n) is 3.05. The van der Waals surface area contributed by atoms with Crippen molar-refractivity contribution in [1.29, 1.82) is 0 Å². The molecule has 3 heterocycles. The zero-order valence-electron chi connectivity index (χ0n) is 11.1. The Morgan fingerprint density at radius 1 is 1.42 bits per heavy atom. The Labute approximate surface area is 112 Å². The van der Waals surface area contributed by atoms with E-state index < -0.39 is 0 Å². The van der Waals surface area contributed by atoms with Crippen LogP contribution in [0.25, 0.3) is 0 Å². The molecule has 0 aromatic carbocycles. The Hall–Kier alpha value is -1.85. The van der Waals surface area contributed by atoms with Crippen LogP contribution in [0.15, 0.2) is 12.4 Å². The van der Waals surface area contributed by atoms with E-state index in [1.165, 1.54) is 6.33 Å². The average Bonchev–Trinajstić information content (AvgIpc) is 2.80. The van der Waals surface area contributed by atoms with E-state index in [1.807, 2.05) is 6.07 Å². The van der Waals surface area contributed by atoms with Gasteiger partial charge in [0.05, 0.1) is 12.5 Å². The number of nitrogens with one attached hydrogen (secondary N) is 1. The molecule has 2 aliphatic rings. The lowest BCUT2D eigenvalue weighted by molar-refractivity contribution is -0.128. The summed E-state index contributed by atoms with van der Waals surface area (Å²) in [6.07, 6.45) is 4.41. The third kappa shape index (κ3) is 2.11. The molecule has 0 saturated carbocycles. The van der Waals surface area contributed by atoms with E-state index in [9.17, 15) is 4.79 Å². The maximum atomic E-state index is 12.1. The minimum atomic E-state index is -0.226. The average molecular weight is 262 g/mol. The normalized spacial score (nSPS) is 26.6. The van der Waals surface area contributed by atoms with Gasteiger partial charge in [-0.15, -0.1) is 0 Å². The van der Waals surface area contributed by atoms with E-state index in [1.54, 1.807) is 7.11 Å². The quantitative estimate of drug-likeness (QED) is 0.845. The SMILES string of the molecule is COc1cc(N2CCCC3(CCNC3=O)C2)ncn1. The van der Waals surface area contributed by atoms with Crippen molar-refractivity contribution in [3.8, 4) is 5.88 Å². The van der Waals surface area contributed by atoms with E-state index in [0.717, 1.165) is 44.7 Å². The molecular weight excluding hydrogens is 244 g/mol. The lowest BCUT2D eigenvalue weighted by Crippen LogP contribution is -2.47. The fraction of sp³-hybridized carbons (Fsp3) is 0.615. The molecule has 6 nitrogen and oxygen atoms in total. The van der Waals surface area contributed by atoms with Crippen molar-refractivity contribution < 1.29 is 9.53 Å². The Morgan fingerprint density at radius 3 is 3.05 bits per heavy atom. The van der Waals surface area contributed by atoms with Gasteiger partial charge >= 0.3 is 0 Å². The molecule has 1 amide bonds. The molecule has 1 aromatic heterocycles. The third-order valence-corrected chi connectivity index (χ3v) is 4.11. The molecule has 2 saturated heterocycles. The number of hydrogen-bond donors (Lipinski definition) is 1. The van der Waals surface area contributed by atoms with Crippen molar-refractivity contribution in [3.63, 3.8) is 0 Å². The molecule has 2 aliphatic heterocycles. The third-order valence-electron chi connectivity index (χ3n) is 4.11. The molecule has 19 heavy (non-hydrogen) atoms. The summed E-state index contributed by atoms with van der Waals surface area (Å²) in [6.45, 7) is 2.45. The fourth-order valence-corrected chi connectivity index (χ4v) is 3.05. The number of rotatable bonds is 2. The molecule has 1 unspecified atom stereocenters. The van der Waals surface area contributed by atoms with E-state index in [-0.39, 0.29) is 11.3 Å². The minimum absolute atomic E-state index is 0.193. The van der Waals surface area contributed by atoms with Gasteiger partial charge in [0.25, 0.3) is 0 Å². The van der Waals surface area contributed by atoms with Crippen molar-refractivity contribution in [3.05, 3.63) is 12.4 Å². The summed E-state index contributed by atoms with van der Waals surface area (Å²) in [5, 5.41) is 2.95. The first-order valence-electron chi connectivity index (χ1n) is 6.63. The number of aromatic nitrogens is 2. The topological polar surface area (TPSA) is 67.3 Å². The van der Waals surface area contributed by atoms with E-state index >= 15 is 0 Å². The molecule has 6 heteroatoms. The van der Waals surface area contributed by atoms with Crippen LogP contribution in [-0.2, 0) is 4.79 Å². The molecular formula is C13H18N4O2. The Bertz CT molecular complexity index is 493. The minimum Gasteiger partial charge on any atom is -0.481 e. The standard InChI is InChI=1S/C13H18N4O2/c1-19-11-7-10(15-9-16-11)17-6-2-3-13(8-17)4-5-14-12(13)18/h7,9H,2-6,8H2,1H3,(H,14,18). The maximum Gasteiger partial charge on any atom is 0.228 e. The van der Waals surface area contributed by atoms with E-state index in [0.29, 0.717) is 5.88 Å². The van der Waals surface area contributed by atoms with Crippen LogP contribution >= 0.6 is 0 Å². The van der Waals surface area contributed by atoms with Gasteiger partial charge in [0.2, 0.25) is 11.8 Å². The number of anilines is 1. The second-order valence-electron chi connectivity index (χ2n) is 5.23. The van der Waals surface area contributed by atoms with Crippen LogP contribution in [-0.4, -0.2) is 42.6 Å². The largest absolute Gasteiger partial charge is 0.481 e. The van der Waals surface area contributed by atoms with Crippen LogP contribution < -0.4 is 15.0 Å². The maximum absolute atomic E-state index is 12.1. The predicted octanol–water partition coefficient (Wildman–Crippen LogP) is 0.592. The van der Waals surface area contributed by atoms with Crippen molar-refractivity contribution in [1.82, 2.24) is 15.3 Å². The summed E-state index contributed by atoms with van der Waals surface area (Å²) in [4.78, 5) is 22.5. The smallest absolute Gasteiger partial charge is 0.228 e. The van der Waals surface area contributed by atoms with Gasteiger partial charge in [-0.25, -0.2) is 9.97 Å². The first-order chi connectivity index (χ1) is 9.23. The van der Waals surface area contributed by atoms with Crippen LogP contribution in [0.3, 0.4) is 0 Å². The van der Waals surface area contributed by atoms with Crippen molar-refractivity contribution in [2.24, 2.45) is 5.41 Å². The van der Waals surface area contributed by atoms with Gasteiger partial charge in [-0.2, -0.15) is 0 Å². The molecule has 1 N–H and O–H groups in total. The van der Waals surface area contributed by atoms with Crippen molar-refractivity contribution in [2.45, 2.75) is 19.3 Å². The van der Waals surface area contributed by atoms with Gasteiger partial charge in [-0.3, -0.25) is 4.79 Å². The summed E-state index contributed by atoms with van der Waals surface area (Å²) in [5.74, 6) is 1.59. The Balaban J connectivity index is 1.83. The monoisotopic (exact) mass is 262 g/mol. The number of nitrogens with zero attached hydrogens (tertiary/aromatic N) is 3. The summed E-state index contributed by atoms with van der Waals surface area (Å²) < 4.78 is 5.13. The Morgan fingerprint density at radius 2 is 2.32 bits per heavy atom. The van der Waals surface area contributed by atoms with Gasteiger partial charge in [0, 0.05) is 25.7 Å². The molecule has 1 aromatic rings. The number of methoxy groups -OCH3 is 1. The molecule has 1 atom stereocenters. The first-order valence-corrected chi connectivity index (χ1v) is 6.63. The number of carbonyl (C=O) groups excluding carboxylic acids is 1. The highest BCUT2D eigenvalue weighted by molar-refractivity contribution is 5.85. The highest BCUT2D eigenvalue weighted by atomic mass is 16.5. The van der Waals surface area contributed by atoms with Crippen LogP contribution in [0.5, 0.6) is 5.88 Å². The van der Waals surface area contributed by atoms with Crippen LogP contribution in [0, 0.1) is 5.41 Å². The number of carbonyl (C=O) groups is 1. The Kier molecular flexibility index (Phi) is 3.00. The summed E-state index contributed by atoms with van der Waals surface area (Å²) in [6, 6.07) is 1.83. The van der Waals surface area contributed by atoms with Gasteiger partial charge in [0.1, 0.15) is 12.1 Å². The zero-order valence-corrected chi connectivity index (χ0v) is 11.1. The second-order valence-corrected chi connectivity index (χ2v) is 5.23. The summed E-state index contributed by atoms with van der Waals surface area (Å²) in [7, 11) is 1.59. The van der Waals surface area contributed by atoms with E-state index in [4.69, 9.17) is 4.74 Å². The number of hydrogen-bond acceptors (Lipinski definition) is 5. The zero-order chi connectivity index (χ0) is 13.3. The number of amides is 1. The van der Waals surface area contributed by atoms with Crippen LogP contribution in [0.2, 0.25) is 0 Å². The van der Waals surface area contributed by atoms with Gasteiger partial charge < -0.3 is 15.0 Å². The molecule has 1 spiro atoms. The first kappa shape index (κ1) is 12.2. The second kappa shape index (κ2) is 4.68. The number of piperidine rings is 1. The van der Waals surface area contributed by atoms with Gasteiger partial charge in [-0.05, 0) is 19.3 Å². The van der Waals surface area contributed by atoms with Crippen LogP contribution in [0.4, 0.5) is 5.82 Å². The molecule has 0 bridgehead atoms. The predicted molar refractivity (Wildman–Crippen MR) is 70.1 cm³/mol. The van der Waals surface area contributed by atoms with Gasteiger partial charge in [-0.1, -0.05) is 0 Å². The molecule has 3 rings (SSSR count). The lowest BCUT2D eigenvalue weighted by Gasteiger charge is -2.39. The number of ether oxygens (including phenoxy) is 1. The summed E-state index contributed by atoms with van der Waals surface area (Å²) in [5.41, 5.74) is -0.226. The van der Waals surface area contributed by atoms with E-state index in [2.05, 4.69) is 20.2 Å². The van der Waals surface area contributed by atoms with Crippen molar-refractivity contribution in [2.75, 3.05) is 31.6 Å². The molecule has 2 fully saturated rings. The molecule has 102 valence electrons. The summed E-state index contributed by atoms with van der Waals surface area (Å²) >= 11 is 0. The highest BCUT2D eigenvalue weighted by Gasteiger charge is 2.45. The lowest BCUT2D eigenvalue weighted by atomic mass is 9.78. The highest BCUT2D eigenvalue weighted by Crippen LogP contribution is 2.37.